The molecule has 1 aromatic heterocycles. The zero-order valence-electron chi connectivity index (χ0n) is 10.9. The Morgan fingerprint density at radius 2 is 2.11 bits per heavy atom. The van der Waals surface area contributed by atoms with Crippen molar-refractivity contribution in [3.63, 3.8) is 0 Å². The molecule has 0 radical (unpaired) electrons. The molecular weight excluding hydrogens is 226 g/mol. The number of rotatable bonds is 2. The van der Waals surface area contributed by atoms with Crippen LogP contribution < -0.4 is 5.32 Å². The molecule has 2 aliphatic carbocycles. The third kappa shape index (κ3) is 1.62. The van der Waals surface area contributed by atoms with Crippen LogP contribution >= 0.6 is 0 Å². The van der Waals surface area contributed by atoms with Gasteiger partial charge in [0, 0.05) is 12.0 Å². The normalized spacial score (nSPS) is 42.8. The van der Waals surface area contributed by atoms with E-state index >= 15 is 0 Å². The van der Waals surface area contributed by atoms with Crippen LogP contribution in [0.3, 0.4) is 0 Å². The second-order valence-electron chi connectivity index (χ2n) is 6.41. The van der Waals surface area contributed by atoms with Gasteiger partial charge in [-0.05, 0) is 51.0 Å². The summed E-state index contributed by atoms with van der Waals surface area (Å²) in [5.74, 6) is 4.64. The van der Waals surface area contributed by atoms with Crippen molar-refractivity contribution in [3.05, 3.63) is 11.7 Å². The summed E-state index contributed by atoms with van der Waals surface area (Å²) in [6.07, 6.45) is 6.62. The summed E-state index contributed by atoms with van der Waals surface area (Å²) < 4.78 is 5.54. The van der Waals surface area contributed by atoms with E-state index in [9.17, 15) is 0 Å². The average Bonchev–Trinajstić information content (AvgIpc) is 3.12. The molecule has 1 saturated heterocycles. The second kappa shape index (κ2) is 4.05. The Kier molecular flexibility index (Phi) is 2.47. The molecule has 5 unspecified atom stereocenters. The third-order valence-corrected chi connectivity index (χ3v) is 5.37. The lowest BCUT2D eigenvalue weighted by Crippen LogP contribution is -2.21. The van der Waals surface area contributed by atoms with E-state index in [1.54, 1.807) is 0 Å². The number of fused-ring (bicyclic) bond motifs is 2. The second-order valence-corrected chi connectivity index (χ2v) is 6.41. The molecule has 2 saturated carbocycles. The van der Waals surface area contributed by atoms with Crippen LogP contribution in [0.2, 0.25) is 0 Å². The van der Waals surface area contributed by atoms with Gasteiger partial charge >= 0.3 is 0 Å². The Bertz CT molecular complexity index is 444. The topological polar surface area (TPSA) is 51.0 Å². The van der Waals surface area contributed by atoms with Crippen LogP contribution in [-0.2, 0) is 0 Å². The minimum atomic E-state index is 0.421. The van der Waals surface area contributed by atoms with Gasteiger partial charge in [0.25, 0.3) is 0 Å². The van der Waals surface area contributed by atoms with Crippen molar-refractivity contribution >= 4 is 0 Å². The molecule has 4 heteroatoms. The van der Waals surface area contributed by atoms with E-state index in [1.165, 1.54) is 25.7 Å². The predicted molar refractivity (Wildman–Crippen MR) is 67.3 cm³/mol. The van der Waals surface area contributed by atoms with Crippen molar-refractivity contribution in [3.8, 4) is 0 Å². The lowest BCUT2D eigenvalue weighted by molar-refractivity contribution is 0.331. The smallest absolute Gasteiger partial charge is 0.231 e. The molecular formula is C14H21N3O. The Labute approximate surface area is 108 Å². The molecule has 3 aliphatic rings. The fourth-order valence-electron chi connectivity index (χ4n) is 4.31. The molecule has 2 bridgehead atoms. The van der Waals surface area contributed by atoms with Crippen LogP contribution in [0.5, 0.6) is 0 Å². The molecule has 4 nitrogen and oxygen atoms in total. The van der Waals surface area contributed by atoms with E-state index in [4.69, 9.17) is 9.51 Å². The van der Waals surface area contributed by atoms with Crippen molar-refractivity contribution in [1.29, 1.82) is 0 Å². The zero-order chi connectivity index (χ0) is 12.1. The van der Waals surface area contributed by atoms with E-state index in [2.05, 4.69) is 17.4 Å². The first-order valence-corrected chi connectivity index (χ1v) is 7.38. The Morgan fingerprint density at radius 1 is 1.17 bits per heavy atom. The van der Waals surface area contributed by atoms with E-state index in [-0.39, 0.29) is 0 Å². The van der Waals surface area contributed by atoms with Gasteiger partial charge in [0.2, 0.25) is 5.89 Å². The summed E-state index contributed by atoms with van der Waals surface area (Å²) in [6.45, 7) is 3.27. The summed E-state index contributed by atoms with van der Waals surface area (Å²) in [5.41, 5.74) is 0. The quantitative estimate of drug-likeness (QED) is 0.872. The molecule has 2 heterocycles. The average molecular weight is 247 g/mol. The summed E-state index contributed by atoms with van der Waals surface area (Å²) in [5, 5.41) is 7.73. The van der Waals surface area contributed by atoms with Crippen molar-refractivity contribution in [2.45, 2.75) is 56.9 Å². The molecule has 4 rings (SSSR count). The highest BCUT2D eigenvalue weighted by atomic mass is 16.5. The Hall–Kier alpha value is -0.900. The monoisotopic (exact) mass is 247 g/mol. The first-order chi connectivity index (χ1) is 8.81. The van der Waals surface area contributed by atoms with Gasteiger partial charge in [-0.25, -0.2) is 0 Å². The minimum Gasteiger partial charge on any atom is -0.339 e. The summed E-state index contributed by atoms with van der Waals surface area (Å²) in [6, 6.07) is 0.471. The van der Waals surface area contributed by atoms with Crippen molar-refractivity contribution in [1.82, 2.24) is 15.5 Å². The van der Waals surface area contributed by atoms with Gasteiger partial charge in [-0.3, -0.25) is 0 Å². The summed E-state index contributed by atoms with van der Waals surface area (Å²) in [4.78, 5) is 4.73. The molecule has 1 aliphatic heterocycles. The lowest BCUT2D eigenvalue weighted by atomic mass is 9.88. The number of aromatic nitrogens is 2. The molecule has 18 heavy (non-hydrogen) atoms. The largest absolute Gasteiger partial charge is 0.339 e. The fraction of sp³-hybridized carbons (Fsp3) is 0.857. The number of hydrogen-bond acceptors (Lipinski definition) is 4. The molecule has 0 spiro atoms. The third-order valence-electron chi connectivity index (χ3n) is 5.37. The van der Waals surface area contributed by atoms with Crippen molar-refractivity contribution < 1.29 is 4.52 Å². The van der Waals surface area contributed by atoms with Crippen LogP contribution in [0.15, 0.2) is 4.52 Å². The van der Waals surface area contributed by atoms with Crippen molar-refractivity contribution in [2.75, 3.05) is 6.54 Å². The maximum Gasteiger partial charge on any atom is 0.231 e. The predicted octanol–water partition coefficient (Wildman–Crippen LogP) is 2.44. The summed E-state index contributed by atoms with van der Waals surface area (Å²) in [7, 11) is 0. The van der Waals surface area contributed by atoms with E-state index in [1.807, 2.05) is 0 Å². The van der Waals surface area contributed by atoms with Gasteiger partial charge in [-0.2, -0.15) is 4.98 Å². The van der Waals surface area contributed by atoms with Crippen LogP contribution in [0.25, 0.3) is 0 Å². The van der Waals surface area contributed by atoms with Gasteiger partial charge in [0.1, 0.15) is 0 Å². The van der Waals surface area contributed by atoms with Gasteiger partial charge in [-0.15, -0.1) is 0 Å². The minimum absolute atomic E-state index is 0.421. The van der Waals surface area contributed by atoms with E-state index < -0.39 is 0 Å². The fourth-order valence-corrected chi connectivity index (χ4v) is 4.31. The van der Waals surface area contributed by atoms with Gasteiger partial charge in [0.15, 0.2) is 5.82 Å². The molecule has 1 aromatic rings. The summed E-state index contributed by atoms with van der Waals surface area (Å²) >= 11 is 0. The highest BCUT2D eigenvalue weighted by Crippen LogP contribution is 2.52. The molecule has 5 atom stereocenters. The lowest BCUT2D eigenvalue weighted by Gasteiger charge is -2.17. The molecule has 3 fully saturated rings. The Balaban J connectivity index is 1.55. The highest BCUT2D eigenvalue weighted by molar-refractivity contribution is 5.09. The van der Waals surface area contributed by atoms with Gasteiger partial charge in [-0.1, -0.05) is 11.6 Å². The highest BCUT2D eigenvalue weighted by Gasteiger charge is 2.42. The first-order valence-electron chi connectivity index (χ1n) is 7.38. The molecule has 98 valence electrons. The first kappa shape index (κ1) is 11.0. The maximum absolute atomic E-state index is 5.54. The van der Waals surface area contributed by atoms with E-state index in [0.717, 1.165) is 36.5 Å². The maximum atomic E-state index is 5.54. The molecule has 0 amide bonds. The van der Waals surface area contributed by atoms with Gasteiger partial charge < -0.3 is 9.84 Å². The zero-order valence-corrected chi connectivity index (χ0v) is 10.9. The van der Waals surface area contributed by atoms with Crippen LogP contribution in [0.1, 0.15) is 62.6 Å². The van der Waals surface area contributed by atoms with Gasteiger partial charge in [0.05, 0.1) is 5.92 Å². The van der Waals surface area contributed by atoms with Crippen LogP contribution in [0.4, 0.5) is 0 Å². The Morgan fingerprint density at radius 3 is 2.78 bits per heavy atom. The SMILES string of the molecule is CC1NCCC1c1nc(C2CC3CCC2C3)no1. The van der Waals surface area contributed by atoms with Crippen LogP contribution in [0, 0.1) is 11.8 Å². The van der Waals surface area contributed by atoms with E-state index in [0.29, 0.717) is 17.9 Å². The molecule has 0 aromatic carbocycles. The standard InChI is InChI=1S/C14H21N3O/c1-8-11(4-5-15-8)14-16-13(17-18-14)12-7-9-2-3-10(12)6-9/h8-12,15H,2-7H2,1H3. The van der Waals surface area contributed by atoms with Crippen LogP contribution in [-0.4, -0.2) is 22.7 Å². The number of nitrogens with one attached hydrogen (secondary N) is 1. The molecule has 1 N–H and O–H groups in total. The van der Waals surface area contributed by atoms with Crippen molar-refractivity contribution in [2.24, 2.45) is 11.8 Å². The number of nitrogens with zero attached hydrogens (tertiary/aromatic N) is 2. The number of hydrogen-bond donors (Lipinski definition) is 1.